The summed E-state index contributed by atoms with van der Waals surface area (Å²) in [6, 6.07) is 10.9. The van der Waals surface area contributed by atoms with E-state index in [1.807, 2.05) is 26.6 Å². The summed E-state index contributed by atoms with van der Waals surface area (Å²) in [4.78, 5) is 105. The molecular formula is C40H58N8O8Se. The summed E-state index contributed by atoms with van der Waals surface area (Å²) in [6.07, 6.45) is 0.420. The monoisotopic (exact) mass is 858 g/mol. The third kappa shape index (κ3) is 18.1. The molecule has 17 heteroatoms. The van der Waals surface area contributed by atoms with Gasteiger partial charge in [0, 0.05) is 6.42 Å². The molecule has 0 bridgehead atoms. The second-order valence-corrected chi connectivity index (χ2v) is 16.0. The van der Waals surface area contributed by atoms with Crippen LogP contribution in [0.15, 0.2) is 60.7 Å². The minimum absolute atomic E-state index is 0.00458. The molecule has 0 unspecified atom stereocenters. The Balaban J connectivity index is 2.42. The van der Waals surface area contributed by atoms with Crippen LogP contribution in [0.3, 0.4) is 0 Å². The molecule has 2 rings (SSSR count). The Bertz CT molecular complexity index is 1630. The maximum atomic E-state index is 14.1. The van der Waals surface area contributed by atoms with E-state index in [0.29, 0.717) is 35.7 Å². The number of benzene rings is 2. The molecule has 0 radical (unpaired) electrons. The van der Waals surface area contributed by atoms with Crippen molar-refractivity contribution in [3.63, 3.8) is 0 Å². The molecule has 0 spiro atoms. The van der Waals surface area contributed by atoms with Crippen molar-refractivity contribution in [3.05, 3.63) is 71.8 Å². The van der Waals surface area contributed by atoms with Crippen molar-refractivity contribution >= 4 is 62.6 Å². The molecule has 0 heterocycles. The zero-order valence-corrected chi connectivity index (χ0v) is 35.0. The Hall–Kier alpha value is -5.12. The average Bonchev–Trinajstić information content (AvgIpc) is 3.17. The molecule has 0 saturated heterocycles. The van der Waals surface area contributed by atoms with E-state index in [9.17, 15) is 38.4 Å². The van der Waals surface area contributed by atoms with Gasteiger partial charge >= 0.3 is 204 Å². The molecule has 0 aromatic heterocycles. The average molecular weight is 858 g/mol. The number of nitrogens with one attached hydrogen (secondary N) is 7. The molecule has 0 aliphatic carbocycles. The molecule has 2 aromatic carbocycles. The molecule has 0 fully saturated rings. The number of nitrogens with two attached hydrogens (primary N) is 1. The van der Waals surface area contributed by atoms with Gasteiger partial charge in [0.25, 0.3) is 0 Å². The van der Waals surface area contributed by atoms with E-state index in [0.717, 1.165) is 0 Å². The van der Waals surface area contributed by atoms with Gasteiger partial charge in [0.15, 0.2) is 0 Å². The Kier molecular flexibility index (Phi) is 21.8. The summed E-state index contributed by atoms with van der Waals surface area (Å²) >= 11 is 0.178. The van der Waals surface area contributed by atoms with E-state index in [4.69, 9.17) is 5.73 Å². The van der Waals surface area contributed by atoms with E-state index in [2.05, 4.69) is 37.2 Å². The topological polar surface area (TPSA) is 247 Å². The first kappa shape index (κ1) is 48.0. The molecule has 0 aliphatic heterocycles. The van der Waals surface area contributed by atoms with Gasteiger partial charge < -0.3 is 16.0 Å². The Morgan fingerprint density at radius 3 is 1.56 bits per heavy atom. The Labute approximate surface area is 340 Å². The van der Waals surface area contributed by atoms with Crippen LogP contribution in [0.1, 0.15) is 58.1 Å². The molecule has 312 valence electrons. The van der Waals surface area contributed by atoms with E-state index >= 15 is 0 Å². The summed E-state index contributed by atoms with van der Waals surface area (Å²) in [5.41, 5.74) is 6.88. The minimum atomic E-state index is -1.57. The predicted octanol–water partition coefficient (Wildman–Crippen LogP) is -0.309. The molecule has 0 aliphatic rings. The van der Waals surface area contributed by atoms with Crippen LogP contribution in [-0.2, 0) is 51.2 Å². The standard InChI is InChI=1S/C40H58N8O8Se/c1-6-42-26(4)35(51)45-30(21-25(2)3)37(53)46-32(23-28-15-11-8-12-16-28)39(55)48-33(24-34(41)50)40(56)47-31(22-27-13-9-7-10-14-27)38(54)44-29(17-20-57-5)36(52)43-18-19-49/h7-16,19,25-26,29-33,42H,6,17-18,20-24H2,1-5H3,(H2,41,50)(H,43,52)(H,44,54)(H,45,51)(H,46,53)(H,47,56)(H,48,55)/t26-,29-,30-,31-,32-,33-/m0/s1. The zero-order chi connectivity index (χ0) is 42.3. The SMILES string of the molecule is CCN[C@@H](C)C(=O)N[C@@H](CC(C)C)C(=O)N[C@@H](Cc1ccccc1)C(=O)N[C@@H](CC(N)=O)C(=O)N[C@@H](Cc1ccccc1)C(=O)N[C@@H](CC[Se]C)C(=O)NCC=O. The second-order valence-electron chi connectivity index (χ2n) is 14.0. The molecule has 9 N–H and O–H groups in total. The number of carbonyl (C=O) groups is 8. The molecule has 16 nitrogen and oxygen atoms in total. The van der Waals surface area contributed by atoms with Crippen LogP contribution in [-0.4, -0.2) is 112 Å². The van der Waals surface area contributed by atoms with Crippen molar-refractivity contribution in [1.29, 1.82) is 0 Å². The number of carbonyl (C=O) groups excluding carboxylic acids is 8. The fourth-order valence-corrected chi connectivity index (χ4v) is 6.78. The van der Waals surface area contributed by atoms with Crippen LogP contribution >= 0.6 is 0 Å². The molecular weight excluding hydrogens is 799 g/mol. The summed E-state index contributed by atoms with van der Waals surface area (Å²) in [6.45, 7) is 7.60. The first-order valence-electron chi connectivity index (χ1n) is 19.0. The normalized spacial score (nSPS) is 14.1. The third-order valence-corrected chi connectivity index (χ3v) is 10.1. The Morgan fingerprint density at radius 1 is 0.649 bits per heavy atom. The van der Waals surface area contributed by atoms with Gasteiger partial charge in [-0.25, -0.2) is 0 Å². The first-order chi connectivity index (χ1) is 27.2. The molecule has 7 amide bonds. The molecule has 0 saturated carbocycles. The summed E-state index contributed by atoms with van der Waals surface area (Å²) in [5.74, 6) is -2.96. The van der Waals surface area contributed by atoms with E-state index < -0.39 is 84.0 Å². The fourth-order valence-electron chi connectivity index (χ4n) is 5.79. The van der Waals surface area contributed by atoms with Gasteiger partial charge in [-0.15, -0.1) is 0 Å². The summed E-state index contributed by atoms with van der Waals surface area (Å²) < 4.78 is 0. The molecule has 6 atom stereocenters. The van der Waals surface area contributed by atoms with Gasteiger partial charge in [0.1, 0.15) is 6.04 Å². The fraction of sp³-hybridized carbons (Fsp3) is 0.500. The van der Waals surface area contributed by atoms with Gasteiger partial charge in [-0.2, -0.15) is 0 Å². The van der Waals surface area contributed by atoms with Crippen molar-refractivity contribution in [3.8, 4) is 0 Å². The van der Waals surface area contributed by atoms with Crippen LogP contribution in [0.2, 0.25) is 11.1 Å². The van der Waals surface area contributed by atoms with Crippen molar-refractivity contribution in [2.75, 3.05) is 13.1 Å². The van der Waals surface area contributed by atoms with Gasteiger partial charge in [0.05, 0.1) is 6.04 Å². The van der Waals surface area contributed by atoms with Crippen LogP contribution in [0.5, 0.6) is 0 Å². The quantitative estimate of drug-likeness (QED) is 0.0456. The van der Waals surface area contributed by atoms with Crippen LogP contribution in [0.25, 0.3) is 0 Å². The van der Waals surface area contributed by atoms with E-state index in [1.54, 1.807) is 67.6 Å². The first-order valence-corrected chi connectivity index (χ1v) is 21.9. The number of primary amides is 1. The van der Waals surface area contributed by atoms with Crippen molar-refractivity contribution in [2.24, 2.45) is 11.7 Å². The van der Waals surface area contributed by atoms with Gasteiger partial charge in [0.2, 0.25) is 11.8 Å². The molecule has 2 aromatic rings. The number of likely N-dealkylation sites (N-methyl/N-ethyl adjacent to an activating group) is 1. The molecule has 57 heavy (non-hydrogen) atoms. The number of rotatable bonds is 26. The van der Waals surface area contributed by atoms with Gasteiger partial charge in [-0.05, 0) is 31.4 Å². The Morgan fingerprint density at radius 2 is 1.11 bits per heavy atom. The predicted molar refractivity (Wildman–Crippen MR) is 216 cm³/mol. The number of hydrogen-bond acceptors (Lipinski definition) is 9. The van der Waals surface area contributed by atoms with Gasteiger partial charge in [-0.3, -0.25) is 9.59 Å². The number of hydrogen-bond donors (Lipinski definition) is 8. The zero-order valence-electron chi connectivity index (χ0n) is 33.3. The van der Waals surface area contributed by atoms with Crippen molar-refractivity contribution in [1.82, 2.24) is 37.2 Å². The third-order valence-electron chi connectivity index (χ3n) is 8.72. The van der Waals surface area contributed by atoms with Crippen molar-refractivity contribution < 1.29 is 38.4 Å². The number of aldehydes is 1. The van der Waals surface area contributed by atoms with Crippen LogP contribution in [0.4, 0.5) is 0 Å². The van der Waals surface area contributed by atoms with Crippen LogP contribution in [0, 0.1) is 5.92 Å². The maximum absolute atomic E-state index is 14.1. The number of amides is 7. The summed E-state index contributed by atoms with van der Waals surface area (Å²) in [7, 11) is 0. The van der Waals surface area contributed by atoms with E-state index in [1.165, 1.54) is 0 Å². The summed E-state index contributed by atoms with van der Waals surface area (Å²) in [5, 5.41) is 19.5. The van der Waals surface area contributed by atoms with Crippen molar-refractivity contribution in [2.45, 2.75) is 107 Å². The van der Waals surface area contributed by atoms with Gasteiger partial charge in [-0.1, -0.05) is 51.1 Å². The second kappa shape index (κ2) is 25.9. The van der Waals surface area contributed by atoms with Crippen LogP contribution < -0.4 is 43.0 Å². The van der Waals surface area contributed by atoms with E-state index in [-0.39, 0.29) is 46.7 Å².